The van der Waals surface area contributed by atoms with E-state index in [-0.39, 0.29) is 0 Å². The molecule has 5 nitrogen and oxygen atoms in total. The summed E-state index contributed by atoms with van der Waals surface area (Å²) in [6.45, 7) is 8.39. The monoisotopic (exact) mass is 285 g/mol. The molecule has 0 saturated carbocycles. The molecule has 1 N–H and O–H groups in total. The molecule has 0 radical (unpaired) electrons. The second-order valence-electron chi connectivity index (χ2n) is 5.14. The van der Waals surface area contributed by atoms with Gasteiger partial charge in [0.1, 0.15) is 5.69 Å². The van der Waals surface area contributed by atoms with Gasteiger partial charge in [0, 0.05) is 23.8 Å². The summed E-state index contributed by atoms with van der Waals surface area (Å²) in [6.07, 6.45) is 8.30. The average Bonchev–Trinajstić information content (AvgIpc) is 2.50. The van der Waals surface area contributed by atoms with Crippen molar-refractivity contribution in [2.75, 3.05) is 13.1 Å². The van der Waals surface area contributed by atoms with E-state index in [1.165, 1.54) is 12.0 Å². The lowest BCUT2D eigenvalue weighted by atomic mass is 10.1. The molecule has 0 amide bonds. The summed E-state index contributed by atoms with van der Waals surface area (Å²) in [6, 6.07) is 0. The molecule has 112 valence electrons. The minimum atomic E-state index is 0.658. The smallest absolute Gasteiger partial charge is 0.180 e. The van der Waals surface area contributed by atoms with Crippen LogP contribution in [0.1, 0.15) is 36.7 Å². The van der Waals surface area contributed by atoms with Crippen molar-refractivity contribution >= 4 is 0 Å². The molecule has 2 heterocycles. The third-order valence-electron chi connectivity index (χ3n) is 3.42. The molecule has 5 heteroatoms. The van der Waals surface area contributed by atoms with Gasteiger partial charge in [0.2, 0.25) is 0 Å². The van der Waals surface area contributed by atoms with E-state index in [9.17, 15) is 0 Å². The Labute approximate surface area is 126 Å². The Morgan fingerprint density at radius 1 is 1.05 bits per heavy atom. The second kappa shape index (κ2) is 7.78. The molecule has 2 aromatic heterocycles. The molecule has 0 aliphatic heterocycles. The van der Waals surface area contributed by atoms with Crippen LogP contribution >= 0.6 is 0 Å². The second-order valence-corrected chi connectivity index (χ2v) is 5.14. The first-order valence-electron chi connectivity index (χ1n) is 7.53. The van der Waals surface area contributed by atoms with Gasteiger partial charge in [0.15, 0.2) is 5.82 Å². The van der Waals surface area contributed by atoms with E-state index < -0.39 is 0 Å². The van der Waals surface area contributed by atoms with E-state index in [4.69, 9.17) is 0 Å². The number of aromatic nitrogens is 4. The van der Waals surface area contributed by atoms with Crippen molar-refractivity contribution in [1.82, 2.24) is 25.3 Å². The summed E-state index contributed by atoms with van der Waals surface area (Å²) in [4.78, 5) is 17.5. The van der Waals surface area contributed by atoms with Crippen molar-refractivity contribution in [2.45, 2.75) is 40.0 Å². The quantitative estimate of drug-likeness (QED) is 0.792. The van der Waals surface area contributed by atoms with Gasteiger partial charge in [-0.1, -0.05) is 6.92 Å². The highest BCUT2D eigenvalue weighted by Crippen LogP contribution is 2.17. The Kier molecular flexibility index (Phi) is 5.75. The largest absolute Gasteiger partial charge is 0.317 e. The Morgan fingerprint density at radius 3 is 2.43 bits per heavy atom. The maximum Gasteiger partial charge on any atom is 0.180 e. The number of hydrogen-bond donors (Lipinski definition) is 1. The first-order chi connectivity index (χ1) is 10.2. The SMILES string of the molecule is CCCNCCCc1c(C)nc(-c2cnccn2)nc1C. The molecule has 2 rings (SSSR count). The summed E-state index contributed by atoms with van der Waals surface area (Å²) in [5.74, 6) is 0.658. The Hall–Kier alpha value is -1.88. The van der Waals surface area contributed by atoms with Crippen molar-refractivity contribution in [3.05, 3.63) is 35.5 Å². The van der Waals surface area contributed by atoms with E-state index in [2.05, 4.69) is 32.2 Å². The third kappa shape index (κ3) is 4.29. The predicted molar refractivity (Wildman–Crippen MR) is 84.0 cm³/mol. The van der Waals surface area contributed by atoms with Crippen LogP contribution in [0.25, 0.3) is 11.5 Å². The molecule has 0 saturated heterocycles. The van der Waals surface area contributed by atoms with E-state index in [0.717, 1.165) is 43.0 Å². The first kappa shape index (κ1) is 15.5. The van der Waals surface area contributed by atoms with Crippen LogP contribution in [0.2, 0.25) is 0 Å². The molecule has 0 aromatic carbocycles. The lowest BCUT2D eigenvalue weighted by Gasteiger charge is -2.11. The van der Waals surface area contributed by atoms with Gasteiger partial charge in [-0.2, -0.15) is 0 Å². The maximum atomic E-state index is 4.59. The predicted octanol–water partition coefficient (Wildman–Crippen LogP) is 2.48. The van der Waals surface area contributed by atoms with Crippen molar-refractivity contribution in [3.8, 4) is 11.5 Å². The number of nitrogens with one attached hydrogen (secondary N) is 1. The lowest BCUT2D eigenvalue weighted by Crippen LogP contribution is -2.17. The highest BCUT2D eigenvalue weighted by atomic mass is 14.9. The fraction of sp³-hybridized carbons (Fsp3) is 0.500. The Balaban J connectivity index is 2.07. The van der Waals surface area contributed by atoms with Gasteiger partial charge in [0.05, 0.1) is 6.20 Å². The van der Waals surface area contributed by atoms with Gasteiger partial charge in [-0.05, 0) is 51.8 Å². The summed E-state index contributed by atoms with van der Waals surface area (Å²) in [5, 5.41) is 3.42. The van der Waals surface area contributed by atoms with Gasteiger partial charge in [-0.15, -0.1) is 0 Å². The summed E-state index contributed by atoms with van der Waals surface area (Å²) in [5.41, 5.74) is 4.05. The standard InChI is InChI=1S/C16H23N5/c1-4-7-17-8-5-6-14-12(2)20-16(21-13(14)3)15-11-18-9-10-19-15/h9-11,17H,4-8H2,1-3H3. The highest BCUT2D eigenvalue weighted by Gasteiger charge is 2.10. The fourth-order valence-corrected chi connectivity index (χ4v) is 2.32. The van der Waals surface area contributed by atoms with Crippen LogP contribution in [0.15, 0.2) is 18.6 Å². The number of aryl methyl sites for hydroxylation is 2. The van der Waals surface area contributed by atoms with Crippen LogP contribution in [0.5, 0.6) is 0 Å². The molecule has 0 unspecified atom stereocenters. The minimum Gasteiger partial charge on any atom is -0.317 e. The first-order valence-corrected chi connectivity index (χ1v) is 7.53. The minimum absolute atomic E-state index is 0.658. The molecular weight excluding hydrogens is 262 g/mol. The topological polar surface area (TPSA) is 63.6 Å². The normalized spacial score (nSPS) is 10.8. The molecular formula is C16H23N5. The van der Waals surface area contributed by atoms with Crippen LogP contribution in [0.3, 0.4) is 0 Å². The summed E-state index contributed by atoms with van der Waals surface area (Å²) < 4.78 is 0. The van der Waals surface area contributed by atoms with E-state index in [0.29, 0.717) is 5.82 Å². The van der Waals surface area contributed by atoms with Crippen molar-refractivity contribution < 1.29 is 0 Å². The summed E-state index contributed by atoms with van der Waals surface area (Å²) >= 11 is 0. The number of rotatable bonds is 7. The van der Waals surface area contributed by atoms with Gasteiger partial charge < -0.3 is 5.32 Å². The Morgan fingerprint density at radius 2 is 1.81 bits per heavy atom. The van der Waals surface area contributed by atoms with Crippen molar-refractivity contribution in [3.63, 3.8) is 0 Å². The number of hydrogen-bond acceptors (Lipinski definition) is 5. The van der Waals surface area contributed by atoms with Crippen LogP contribution in [0.4, 0.5) is 0 Å². The van der Waals surface area contributed by atoms with Crippen LogP contribution in [-0.4, -0.2) is 33.0 Å². The van der Waals surface area contributed by atoms with E-state index in [1.807, 2.05) is 13.8 Å². The molecule has 21 heavy (non-hydrogen) atoms. The molecule has 0 fully saturated rings. The van der Waals surface area contributed by atoms with Crippen LogP contribution in [0, 0.1) is 13.8 Å². The Bertz CT molecular complexity index is 545. The maximum absolute atomic E-state index is 4.59. The average molecular weight is 285 g/mol. The van der Waals surface area contributed by atoms with Crippen LogP contribution in [-0.2, 0) is 6.42 Å². The van der Waals surface area contributed by atoms with Gasteiger partial charge in [0.25, 0.3) is 0 Å². The van der Waals surface area contributed by atoms with Gasteiger partial charge >= 0.3 is 0 Å². The van der Waals surface area contributed by atoms with Crippen molar-refractivity contribution in [2.24, 2.45) is 0 Å². The summed E-state index contributed by atoms with van der Waals surface area (Å²) in [7, 11) is 0. The molecule has 0 atom stereocenters. The van der Waals surface area contributed by atoms with Crippen molar-refractivity contribution in [1.29, 1.82) is 0 Å². The molecule has 0 aliphatic rings. The lowest BCUT2D eigenvalue weighted by molar-refractivity contribution is 0.636. The van der Waals surface area contributed by atoms with Crippen LogP contribution < -0.4 is 5.32 Å². The zero-order chi connectivity index (χ0) is 15.1. The van der Waals surface area contributed by atoms with E-state index >= 15 is 0 Å². The zero-order valence-corrected chi connectivity index (χ0v) is 13.1. The van der Waals surface area contributed by atoms with Gasteiger partial charge in [-0.25, -0.2) is 15.0 Å². The zero-order valence-electron chi connectivity index (χ0n) is 13.1. The van der Waals surface area contributed by atoms with E-state index in [1.54, 1.807) is 18.6 Å². The fourth-order valence-electron chi connectivity index (χ4n) is 2.32. The molecule has 0 bridgehead atoms. The molecule has 0 aliphatic carbocycles. The molecule has 2 aromatic rings. The molecule has 0 spiro atoms. The van der Waals surface area contributed by atoms with Gasteiger partial charge in [-0.3, -0.25) is 4.98 Å². The third-order valence-corrected chi connectivity index (χ3v) is 3.42. The number of nitrogens with zero attached hydrogens (tertiary/aromatic N) is 4. The highest BCUT2D eigenvalue weighted by molar-refractivity contribution is 5.48.